The van der Waals surface area contributed by atoms with Crippen LogP contribution < -0.4 is 10.1 Å². The van der Waals surface area contributed by atoms with E-state index in [1.54, 1.807) is 18.4 Å². The summed E-state index contributed by atoms with van der Waals surface area (Å²) in [6.07, 6.45) is 0. The van der Waals surface area contributed by atoms with Crippen LogP contribution in [0.25, 0.3) is 0 Å². The van der Waals surface area contributed by atoms with Crippen LogP contribution in [0.4, 0.5) is 0 Å². The monoisotopic (exact) mass is 281 g/mol. The zero-order chi connectivity index (χ0) is 13.1. The van der Waals surface area contributed by atoms with Crippen molar-refractivity contribution in [3.63, 3.8) is 0 Å². The minimum absolute atomic E-state index is 0.127. The molecule has 0 saturated carbocycles. The summed E-state index contributed by atoms with van der Waals surface area (Å²) in [7, 11) is 3.63. The lowest BCUT2D eigenvalue weighted by Crippen LogP contribution is -2.17. The number of ether oxygens (including phenoxy) is 1. The van der Waals surface area contributed by atoms with Gasteiger partial charge in [0, 0.05) is 4.88 Å². The number of aryl methyl sites for hydroxylation is 1. The summed E-state index contributed by atoms with van der Waals surface area (Å²) in [4.78, 5) is 1.14. The molecule has 1 atom stereocenters. The second kappa shape index (κ2) is 5.74. The molecule has 0 radical (unpaired) electrons. The molecular weight excluding hydrogens is 266 g/mol. The van der Waals surface area contributed by atoms with Crippen molar-refractivity contribution in [3.8, 4) is 5.75 Å². The van der Waals surface area contributed by atoms with Gasteiger partial charge in [-0.1, -0.05) is 23.7 Å². The fraction of sp³-hybridized carbons (Fsp3) is 0.286. The highest BCUT2D eigenvalue weighted by atomic mass is 35.5. The summed E-state index contributed by atoms with van der Waals surface area (Å²) < 4.78 is 5.28. The first kappa shape index (κ1) is 13.4. The Kier molecular flexibility index (Phi) is 4.27. The molecule has 1 N–H and O–H groups in total. The molecule has 1 unspecified atom stereocenters. The number of benzene rings is 1. The number of nitrogens with one attached hydrogen (secondary N) is 1. The molecule has 2 nitrogen and oxygen atoms in total. The molecule has 4 heteroatoms. The topological polar surface area (TPSA) is 21.3 Å². The second-order valence-corrected chi connectivity index (χ2v) is 5.44. The van der Waals surface area contributed by atoms with E-state index in [1.807, 2.05) is 31.5 Å². The molecule has 0 fully saturated rings. The molecule has 0 aliphatic heterocycles. The molecule has 0 aliphatic carbocycles. The Morgan fingerprint density at radius 1 is 1.33 bits per heavy atom. The second-order valence-electron chi connectivity index (χ2n) is 4.08. The molecule has 0 amide bonds. The van der Waals surface area contributed by atoms with Gasteiger partial charge in [0.2, 0.25) is 0 Å². The average molecular weight is 282 g/mol. The molecular formula is C14H16ClNOS. The van der Waals surface area contributed by atoms with Gasteiger partial charge in [-0.25, -0.2) is 0 Å². The summed E-state index contributed by atoms with van der Waals surface area (Å²) in [6.45, 7) is 2.05. The zero-order valence-electron chi connectivity index (χ0n) is 10.7. The summed E-state index contributed by atoms with van der Waals surface area (Å²) in [5.41, 5.74) is 2.32. The van der Waals surface area contributed by atoms with Crippen LogP contribution in [0, 0.1) is 6.92 Å². The molecule has 2 rings (SSSR count). The van der Waals surface area contributed by atoms with Gasteiger partial charge in [-0.15, -0.1) is 11.3 Å². The Labute approximate surface area is 117 Å². The summed E-state index contributed by atoms with van der Waals surface area (Å²) in [5, 5.41) is 6.14. The highest BCUT2D eigenvalue weighted by Crippen LogP contribution is 2.34. The van der Waals surface area contributed by atoms with E-state index < -0.39 is 0 Å². The molecule has 1 aromatic carbocycles. The van der Waals surface area contributed by atoms with E-state index in [9.17, 15) is 0 Å². The first-order valence-corrected chi connectivity index (χ1v) is 6.97. The quantitative estimate of drug-likeness (QED) is 0.914. The maximum absolute atomic E-state index is 6.21. The predicted molar refractivity (Wildman–Crippen MR) is 78.0 cm³/mol. The van der Waals surface area contributed by atoms with Crippen LogP contribution in [0.2, 0.25) is 5.02 Å². The fourth-order valence-electron chi connectivity index (χ4n) is 2.04. The average Bonchev–Trinajstić information content (AvgIpc) is 2.77. The molecule has 1 heterocycles. The van der Waals surface area contributed by atoms with Crippen LogP contribution >= 0.6 is 22.9 Å². The highest BCUT2D eigenvalue weighted by Gasteiger charge is 2.17. The molecule has 2 aromatic rings. The van der Waals surface area contributed by atoms with Crippen molar-refractivity contribution in [1.82, 2.24) is 5.32 Å². The third-order valence-electron chi connectivity index (χ3n) is 2.95. The zero-order valence-corrected chi connectivity index (χ0v) is 12.2. The molecule has 0 aliphatic rings. The summed E-state index contributed by atoms with van der Waals surface area (Å²) >= 11 is 7.87. The van der Waals surface area contributed by atoms with Gasteiger partial charge in [0.15, 0.2) is 0 Å². The molecule has 96 valence electrons. The molecule has 18 heavy (non-hydrogen) atoms. The van der Waals surface area contributed by atoms with E-state index in [1.165, 1.54) is 5.56 Å². The molecule has 0 spiro atoms. The van der Waals surface area contributed by atoms with Gasteiger partial charge in [0.25, 0.3) is 0 Å². The normalized spacial score (nSPS) is 12.4. The molecule has 1 aromatic heterocycles. The van der Waals surface area contributed by atoms with Crippen molar-refractivity contribution in [2.45, 2.75) is 13.0 Å². The van der Waals surface area contributed by atoms with Gasteiger partial charge in [-0.05, 0) is 42.6 Å². The van der Waals surface area contributed by atoms with Crippen LogP contribution in [0.3, 0.4) is 0 Å². The maximum atomic E-state index is 6.21. The smallest absolute Gasteiger partial charge is 0.121 e. The number of halogens is 1. The largest absolute Gasteiger partial charge is 0.496 e. The first-order valence-electron chi connectivity index (χ1n) is 5.72. The van der Waals surface area contributed by atoms with Crippen LogP contribution in [0.15, 0.2) is 29.6 Å². The number of hydrogen-bond acceptors (Lipinski definition) is 3. The van der Waals surface area contributed by atoms with Gasteiger partial charge in [-0.3, -0.25) is 0 Å². The van der Waals surface area contributed by atoms with Gasteiger partial charge in [0.05, 0.1) is 18.2 Å². The van der Waals surface area contributed by atoms with Gasteiger partial charge in [0.1, 0.15) is 5.75 Å². The lowest BCUT2D eigenvalue weighted by Gasteiger charge is -2.17. The van der Waals surface area contributed by atoms with Crippen LogP contribution in [-0.4, -0.2) is 14.2 Å². The van der Waals surface area contributed by atoms with Crippen LogP contribution in [0.5, 0.6) is 5.75 Å². The van der Waals surface area contributed by atoms with Crippen LogP contribution in [-0.2, 0) is 0 Å². The van der Waals surface area contributed by atoms with Gasteiger partial charge < -0.3 is 10.1 Å². The van der Waals surface area contributed by atoms with Crippen molar-refractivity contribution in [1.29, 1.82) is 0 Å². The molecule has 0 bridgehead atoms. The van der Waals surface area contributed by atoms with Crippen LogP contribution in [0.1, 0.15) is 22.0 Å². The highest BCUT2D eigenvalue weighted by molar-refractivity contribution is 7.10. The van der Waals surface area contributed by atoms with E-state index in [-0.39, 0.29) is 6.04 Å². The van der Waals surface area contributed by atoms with Crippen molar-refractivity contribution >= 4 is 22.9 Å². The Morgan fingerprint density at radius 2 is 2.11 bits per heavy atom. The number of thiophene rings is 1. The lowest BCUT2D eigenvalue weighted by molar-refractivity contribution is 0.411. The SMILES string of the molecule is CNC(c1ccc(OC)c(C)c1)c1sccc1Cl. The van der Waals surface area contributed by atoms with E-state index in [2.05, 4.69) is 17.4 Å². The Hall–Kier alpha value is -1.03. The lowest BCUT2D eigenvalue weighted by atomic mass is 10.0. The van der Waals surface area contributed by atoms with E-state index in [4.69, 9.17) is 16.3 Å². The molecule has 0 saturated heterocycles. The third-order valence-corrected chi connectivity index (χ3v) is 4.37. The maximum Gasteiger partial charge on any atom is 0.121 e. The Morgan fingerprint density at radius 3 is 2.61 bits per heavy atom. The summed E-state index contributed by atoms with van der Waals surface area (Å²) in [6, 6.07) is 8.26. The van der Waals surface area contributed by atoms with Gasteiger partial charge >= 0.3 is 0 Å². The predicted octanol–water partition coefficient (Wildman–Crippen LogP) is 4.03. The minimum atomic E-state index is 0.127. The van der Waals surface area contributed by atoms with Crippen molar-refractivity contribution in [2.75, 3.05) is 14.2 Å². The van der Waals surface area contributed by atoms with Crippen molar-refractivity contribution in [3.05, 3.63) is 50.7 Å². The van der Waals surface area contributed by atoms with Gasteiger partial charge in [-0.2, -0.15) is 0 Å². The van der Waals surface area contributed by atoms with Crippen molar-refractivity contribution in [2.24, 2.45) is 0 Å². The number of hydrogen-bond donors (Lipinski definition) is 1. The minimum Gasteiger partial charge on any atom is -0.496 e. The van der Waals surface area contributed by atoms with E-state index in [0.717, 1.165) is 21.2 Å². The number of rotatable bonds is 4. The van der Waals surface area contributed by atoms with E-state index in [0.29, 0.717) is 0 Å². The van der Waals surface area contributed by atoms with Crippen molar-refractivity contribution < 1.29 is 4.74 Å². The standard InChI is InChI=1S/C14H16ClNOS/c1-9-8-10(4-5-12(9)17-3)13(16-2)14-11(15)6-7-18-14/h4-8,13,16H,1-3H3. The number of methoxy groups -OCH3 is 1. The van der Waals surface area contributed by atoms with E-state index >= 15 is 0 Å². The first-order chi connectivity index (χ1) is 8.67. The Balaban J connectivity index is 2.40. The third kappa shape index (κ3) is 2.53. The summed E-state index contributed by atoms with van der Waals surface area (Å²) in [5.74, 6) is 0.908. The Bertz CT molecular complexity index is 538. The fourth-order valence-corrected chi connectivity index (χ4v) is 3.34.